The number of halogens is 2. The molecule has 1 amide bonds. The number of rotatable bonds is 6. The lowest BCUT2D eigenvalue weighted by atomic mass is 10.2. The van der Waals surface area contributed by atoms with Crippen LogP contribution in [-0.4, -0.2) is 30.9 Å². The Morgan fingerprint density at radius 2 is 2.22 bits per heavy atom. The van der Waals surface area contributed by atoms with E-state index in [0.717, 1.165) is 6.07 Å². The minimum atomic E-state index is -0.645. The second-order valence-electron chi connectivity index (χ2n) is 3.91. The van der Waals surface area contributed by atoms with Crippen molar-refractivity contribution < 1.29 is 13.6 Å². The van der Waals surface area contributed by atoms with Crippen molar-refractivity contribution in [1.29, 1.82) is 0 Å². The van der Waals surface area contributed by atoms with E-state index in [2.05, 4.69) is 11.9 Å². The zero-order chi connectivity index (χ0) is 13.5. The first kappa shape index (κ1) is 14.3. The number of likely N-dealkylation sites (N-methyl/N-ethyl adjacent to an activating group) is 1. The summed E-state index contributed by atoms with van der Waals surface area (Å²) >= 11 is 0. The van der Waals surface area contributed by atoms with Crippen LogP contribution in [0.2, 0.25) is 0 Å². The zero-order valence-corrected chi connectivity index (χ0v) is 10.2. The highest BCUT2D eigenvalue weighted by atomic mass is 19.1. The highest BCUT2D eigenvalue weighted by molar-refractivity contribution is 5.77. The fourth-order valence-electron chi connectivity index (χ4n) is 1.41. The summed E-state index contributed by atoms with van der Waals surface area (Å²) in [5.41, 5.74) is 0.288. The fraction of sp³-hybridized carbons (Fsp3) is 0.308. The number of nitrogens with one attached hydrogen (secondary N) is 1. The van der Waals surface area contributed by atoms with E-state index in [4.69, 9.17) is 0 Å². The maximum Gasteiger partial charge on any atom is 0.236 e. The lowest BCUT2D eigenvalue weighted by molar-refractivity contribution is -0.129. The van der Waals surface area contributed by atoms with E-state index in [1.165, 1.54) is 17.0 Å². The van der Waals surface area contributed by atoms with E-state index < -0.39 is 11.6 Å². The van der Waals surface area contributed by atoms with Gasteiger partial charge in [0, 0.05) is 31.8 Å². The molecule has 1 aromatic rings. The molecule has 18 heavy (non-hydrogen) atoms. The summed E-state index contributed by atoms with van der Waals surface area (Å²) in [6.07, 6.45) is 1.65. The maximum absolute atomic E-state index is 13.4. The Balaban J connectivity index is 2.55. The molecule has 0 aromatic heterocycles. The van der Waals surface area contributed by atoms with Crippen LogP contribution in [0, 0.1) is 11.6 Å². The summed E-state index contributed by atoms with van der Waals surface area (Å²) in [7, 11) is 1.57. The predicted molar refractivity (Wildman–Crippen MR) is 65.9 cm³/mol. The van der Waals surface area contributed by atoms with Crippen molar-refractivity contribution in [3.63, 3.8) is 0 Å². The average Bonchev–Trinajstić information content (AvgIpc) is 2.32. The second kappa shape index (κ2) is 6.86. The molecule has 0 radical (unpaired) electrons. The third-order valence-corrected chi connectivity index (χ3v) is 2.41. The van der Waals surface area contributed by atoms with Crippen LogP contribution >= 0.6 is 0 Å². The molecule has 0 saturated heterocycles. The van der Waals surface area contributed by atoms with Gasteiger partial charge < -0.3 is 10.2 Å². The third-order valence-electron chi connectivity index (χ3n) is 2.41. The first-order valence-corrected chi connectivity index (χ1v) is 5.54. The normalized spacial score (nSPS) is 10.2. The van der Waals surface area contributed by atoms with E-state index in [1.807, 2.05) is 0 Å². The number of nitrogens with zero attached hydrogens (tertiary/aromatic N) is 1. The van der Waals surface area contributed by atoms with Gasteiger partial charge in [0.1, 0.15) is 11.6 Å². The summed E-state index contributed by atoms with van der Waals surface area (Å²) in [6.45, 7) is 4.32. The highest BCUT2D eigenvalue weighted by Gasteiger charge is 2.11. The highest BCUT2D eigenvalue weighted by Crippen LogP contribution is 2.11. The van der Waals surface area contributed by atoms with Crippen LogP contribution in [0.3, 0.4) is 0 Å². The quantitative estimate of drug-likeness (QED) is 0.619. The smallest absolute Gasteiger partial charge is 0.236 e. The molecular formula is C13H16F2N2O. The van der Waals surface area contributed by atoms with Crippen molar-refractivity contribution >= 4 is 5.91 Å². The van der Waals surface area contributed by atoms with Crippen LogP contribution in [0.5, 0.6) is 0 Å². The molecule has 1 aromatic carbocycles. The Kier molecular flexibility index (Phi) is 5.45. The van der Waals surface area contributed by atoms with Crippen molar-refractivity contribution in [2.45, 2.75) is 6.54 Å². The van der Waals surface area contributed by atoms with Gasteiger partial charge in [-0.25, -0.2) is 8.78 Å². The molecule has 0 fully saturated rings. The topological polar surface area (TPSA) is 32.3 Å². The molecule has 0 aliphatic heterocycles. The van der Waals surface area contributed by atoms with Crippen molar-refractivity contribution in [2.75, 3.05) is 20.1 Å². The Hall–Kier alpha value is -1.75. The van der Waals surface area contributed by atoms with Gasteiger partial charge in [0.2, 0.25) is 5.91 Å². The molecule has 0 aliphatic carbocycles. The van der Waals surface area contributed by atoms with E-state index in [-0.39, 0.29) is 24.6 Å². The monoisotopic (exact) mass is 254 g/mol. The van der Waals surface area contributed by atoms with Crippen LogP contribution in [0.15, 0.2) is 30.9 Å². The van der Waals surface area contributed by atoms with Crippen LogP contribution in [0.1, 0.15) is 5.56 Å². The molecule has 3 nitrogen and oxygen atoms in total. The van der Waals surface area contributed by atoms with Crippen LogP contribution < -0.4 is 5.32 Å². The zero-order valence-electron chi connectivity index (χ0n) is 10.2. The SMILES string of the molecule is C=CCNCC(=O)N(C)Cc1ccc(F)cc1F. The largest absolute Gasteiger partial charge is 0.340 e. The maximum atomic E-state index is 13.4. The molecule has 0 bridgehead atoms. The first-order chi connectivity index (χ1) is 8.54. The van der Waals surface area contributed by atoms with Gasteiger partial charge in [-0.2, -0.15) is 0 Å². The van der Waals surface area contributed by atoms with Crippen LogP contribution in [-0.2, 0) is 11.3 Å². The minimum Gasteiger partial charge on any atom is -0.340 e. The number of benzene rings is 1. The van der Waals surface area contributed by atoms with Crippen molar-refractivity contribution in [3.8, 4) is 0 Å². The summed E-state index contributed by atoms with van der Waals surface area (Å²) in [5.74, 6) is -1.44. The summed E-state index contributed by atoms with van der Waals surface area (Å²) in [4.78, 5) is 13.0. The summed E-state index contributed by atoms with van der Waals surface area (Å²) in [5, 5.41) is 2.86. The standard InChI is InChI=1S/C13H16F2N2O/c1-3-6-16-8-13(18)17(2)9-10-4-5-11(14)7-12(10)15/h3-5,7,16H,1,6,8-9H2,2H3. The van der Waals surface area contributed by atoms with E-state index >= 15 is 0 Å². The van der Waals surface area contributed by atoms with Crippen LogP contribution in [0.4, 0.5) is 8.78 Å². The molecule has 1 rings (SSSR count). The van der Waals surface area contributed by atoms with Gasteiger partial charge in [0.15, 0.2) is 0 Å². The summed E-state index contributed by atoms with van der Waals surface area (Å²) in [6, 6.07) is 3.32. The number of amides is 1. The molecule has 0 heterocycles. The van der Waals surface area contributed by atoms with Crippen LogP contribution in [0.25, 0.3) is 0 Å². The molecule has 0 spiro atoms. The van der Waals surface area contributed by atoms with Crippen molar-refractivity contribution in [2.24, 2.45) is 0 Å². The molecule has 0 aliphatic rings. The molecule has 5 heteroatoms. The van der Waals surface area contributed by atoms with E-state index in [1.54, 1.807) is 13.1 Å². The van der Waals surface area contributed by atoms with Gasteiger partial charge >= 0.3 is 0 Å². The second-order valence-corrected chi connectivity index (χ2v) is 3.91. The van der Waals surface area contributed by atoms with Gasteiger partial charge in [0.25, 0.3) is 0 Å². The molecule has 0 unspecified atom stereocenters. The number of hydrogen-bond donors (Lipinski definition) is 1. The van der Waals surface area contributed by atoms with Crippen molar-refractivity contribution in [3.05, 3.63) is 48.1 Å². The summed E-state index contributed by atoms with van der Waals surface area (Å²) < 4.78 is 26.1. The van der Waals surface area contributed by atoms with Gasteiger partial charge in [-0.1, -0.05) is 12.1 Å². The first-order valence-electron chi connectivity index (χ1n) is 5.54. The number of hydrogen-bond acceptors (Lipinski definition) is 2. The fourth-order valence-corrected chi connectivity index (χ4v) is 1.41. The number of carbonyl (C=O) groups is 1. The molecule has 0 atom stereocenters. The van der Waals surface area contributed by atoms with Gasteiger partial charge in [-0.3, -0.25) is 4.79 Å². The molecular weight excluding hydrogens is 238 g/mol. The third kappa shape index (κ3) is 4.25. The Labute approximate surface area is 105 Å². The predicted octanol–water partition coefficient (Wildman–Crippen LogP) is 1.70. The van der Waals surface area contributed by atoms with E-state index in [9.17, 15) is 13.6 Å². The Morgan fingerprint density at radius 1 is 1.50 bits per heavy atom. The lowest BCUT2D eigenvalue weighted by Gasteiger charge is -2.17. The average molecular weight is 254 g/mol. The lowest BCUT2D eigenvalue weighted by Crippen LogP contribution is -2.35. The molecule has 98 valence electrons. The van der Waals surface area contributed by atoms with Gasteiger partial charge in [0.05, 0.1) is 6.54 Å². The van der Waals surface area contributed by atoms with Crippen molar-refractivity contribution in [1.82, 2.24) is 10.2 Å². The van der Waals surface area contributed by atoms with Gasteiger partial charge in [-0.15, -0.1) is 6.58 Å². The Morgan fingerprint density at radius 3 is 2.83 bits per heavy atom. The number of carbonyl (C=O) groups excluding carboxylic acids is 1. The Bertz CT molecular complexity index is 435. The molecule has 0 saturated carbocycles. The van der Waals surface area contributed by atoms with E-state index in [0.29, 0.717) is 6.54 Å². The molecule has 1 N–H and O–H groups in total. The minimum absolute atomic E-state index is 0.112. The van der Waals surface area contributed by atoms with Gasteiger partial charge in [-0.05, 0) is 6.07 Å².